The molecule has 3 N–H and O–H groups in total. The second kappa shape index (κ2) is 8.79. The molecule has 0 aliphatic heterocycles. The van der Waals surface area contributed by atoms with Gasteiger partial charge < -0.3 is 24.7 Å². The molecule has 3 unspecified atom stereocenters. The maximum absolute atomic E-state index is 13.5. The van der Waals surface area contributed by atoms with E-state index in [4.69, 9.17) is 26.6 Å². The van der Waals surface area contributed by atoms with Crippen molar-refractivity contribution in [2.45, 2.75) is 70.1 Å². The molecule has 9 nitrogen and oxygen atoms in total. The first-order valence-corrected chi connectivity index (χ1v) is 11.4. The Morgan fingerprint density at radius 1 is 1.42 bits per heavy atom. The first-order valence-electron chi connectivity index (χ1n) is 11.0. The second-order valence-corrected chi connectivity index (χ2v) is 9.01. The molecule has 0 spiro atoms. The summed E-state index contributed by atoms with van der Waals surface area (Å²) in [5, 5.41) is 15.4. The number of benzene rings is 1. The fraction of sp³-hybridized carbons (Fsp3) is 0.478. The molecule has 3 atom stereocenters. The smallest absolute Gasteiger partial charge is 0.336 e. The molecule has 1 aromatic carbocycles. The van der Waals surface area contributed by atoms with Gasteiger partial charge in [0.05, 0.1) is 10.5 Å². The van der Waals surface area contributed by atoms with Crippen LogP contribution in [-0.4, -0.2) is 38.4 Å². The molecule has 1 amide bonds. The summed E-state index contributed by atoms with van der Waals surface area (Å²) >= 11 is 6.46. The molecule has 1 aliphatic rings. The van der Waals surface area contributed by atoms with Crippen molar-refractivity contribution in [3.63, 3.8) is 0 Å². The van der Waals surface area contributed by atoms with Crippen LogP contribution >= 0.6 is 11.6 Å². The summed E-state index contributed by atoms with van der Waals surface area (Å²) < 4.78 is 12.3. The minimum atomic E-state index is -1.61. The SMILES string of the molecule is CCCCC(O)C(=O)OC1(C(N)=O)CCC(n2c(=O)c3c(C)onc3c3c(Cl)cccc32)C1. The van der Waals surface area contributed by atoms with Gasteiger partial charge in [-0.05, 0) is 38.3 Å². The predicted molar refractivity (Wildman–Crippen MR) is 122 cm³/mol. The van der Waals surface area contributed by atoms with Crippen molar-refractivity contribution in [2.75, 3.05) is 0 Å². The Kier molecular flexibility index (Phi) is 6.20. The van der Waals surface area contributed by atoms with Crippen LogP contribution in [0.1, 0.15) is 57.3 Å². The van der Waals surface area contributed by atoms with Gasteiger partial charge in [-0.15, -0.1) is 0 Å². The van der Waals surface area contributed by atoms with E-state index in [1.807, 2.05) is 6.92 Å². The fourth-order valence-electron chi connectivity index (χ4n) is 4.68. The fourth-order valence-corrected chi connectivity index (χ4v) is 4.94. The van der Waals surface area contributed by atoms with Gasteiger partial charge in [0.2, 0.25) is 0 Å². The van der Waals surface area contributed by atoms with Gasteiger partial charge in [0.25, 0.3) is 11.5 Å². The summed E-state index contributed by atoms with van der Waals surface area (Å²) in [7, 11) is 0. The van der Waals surface area contributed by atoms with Gasteiger partial charge in [-0.25, -0.2) is 4.79 Å². The third-order valence-electron chi connectivity index (χ3n) is 6.44. The van der Waals surface area contributed by atoms with E-state index < -0.39 is 29.6 Å². The number of halogens is 1. The van der Waals surface area contributed by atoms with Gasteiger partial charge in [0.15, 0.2) is 11.7 Å². The zero-order chi connectivity index (χ0) is 23.9. The molecule has 0 radical (unpaired) electrons. The number of rotatable bonds is 7. The lowest BCUT2D eigenvalue weighted by Crippen LogP contribution is -2.47. The van der Waals surface area contributed by atoms with Gasteiger partial charge >= 0.3 is 5.97 Å². The van der Waals surface area contributed by atoms with Gasteiger partial charge in [-0.3, -0.25) is 9.59 Å². The van der Waals surface area contributed by atoms with Crippen molar-refractivity contribution in [3.8, 4) is 0 Å². The molecule has 3 aromatic rings. The zero-order valence-electron chi connectivity index (χ0n) is 18.5. The van der Waals surface area contributed by atoms with E-state index in [1.165, 1.54) is 0 Å². The third kappa shape index (κ3) is 3.89. The number of nitrogens with zero attached hydrogens (tertiary/aromatic N) is 2. The number of nitrogens with two attached hydrogens (primary N) is 1. The summed E-state index contributed by atoms with van der Waals surface area (Å²) in [4.78, 5) is 38.4. The first kappa shape index (κ1) is 23.3. The van der Waals surface area contributed by atoms with Crippen LogP contribution in [0, 0.1) is 6.92 Å². The standard InChI is InChI=1S/C23H26ClN3O6/c1-3-4-8-16(28)21(30)32-23(22(25)31)10-9-13(11-23)27-15-7-5-6-14(24)18(15)19-17(20(27)29)12(2)33-26-19/h5-7,13,16,28H,3-4,8-11H2,1-2H3,(H2,25,31). The Balaban J connectivity index is 1.77. The van der Waals surface area contributed by atoms with Crippen molar-refractivity contribution in [1.29, 1.82) is 0 Å². The largest absolute Gasteiger partial charge is 0.447 e. The Labute approximate surface area is 194 Å². The molecule has 1 aliphatic carbocycles. The van der Waals surface area contributed by atoms with Crippen LogP contribution in [-0.2, 0) is 14.3 Å². The minimum absolute atomic E-state index is 0.00588. The van der Waals surface area contributed by atoms with Crippen LogP contribution in [0.3, 0.4) is 0 Å². The summed E-state index contributed by atoms with van der Waals surface area (Å²) in [6.45, 7) is 3.58. The number of primary amides is 1. The number of hydrogen-bond donors (Lipinski definition) is 2. The Hall–Kier alpha value is -2.91. The average Bonchev–Trinajstić information content (AvgIpc) is 3.37. The summed E-state index contributed by atoms with van der Waals surface area (Å²) in [6, 6.07) is 4.67. The minimum Gasteiger partial charge on any atom is -0.447 e. The Bertz CT molecular complexity index is 1300. The second-order valence-electron chi connectivity index (χ2n) is 8.61. The molecule has 0 saturated heterocycles. The van der Waals surface area contributed by atoms with Crippen LogP contribution < -0.4 is 11.3 Å². The maximum Gasteiger partial charge on any atom is 0.336 e. The van der Waals surface area contributed by atoms with Crippen molar-refractivity contribution >= 4 is 45.3 Å². The molecular weight excluding hydrogens is 450 g/mol. The number of aromatic nitrogens is 2. The molecule has 2 heterocycles. The molecule has 1 fully saturated rings. The molecule has 1 saturated carbocycles. The number of aliphatic hydroxyl groups excluding tert-OH is 1. The van der Waals surface area contributed by atoms with Crippen LogP contribution in [0.2, 0.25) is 5.02 Å². The van der Waals surface area contributed by atoms with Gasteiger partial charge in [-0.2, -0.15) is 0 Å². The van der Waals surface area contributed by atoms with Crippen LogP contribution in [0.15, 0.2) is 27.5 Å². The van der Waals surface area contributed by atoms with Gasteiger partial charge in [0.1, 0.15) is 16.7 Å². The number of esters is 1. The third-order valence-corrected chi connectivity index (χ3v) is 6.76. The normalized spacial score (nSPS) is 21.5. The van der Waals surface area contributed by atoms with E-state index in [9.17, 15) is 19.5 Å². The number of aliphatic hydroxyl groups is 1. The van der Waals surface area contributed by atoms with E-state index in [0.717, 1.165) is 6.42 Å². The number of unbranched alkanes of at least 4 members (excludes halogenated alkanes) is 1. The number of carbonyl (C=O) groups is 2. The van der Waals surface area contributed by atoms with E-state index in [-0.39, 0.29) is 24.8 Å². The lowest BCUT2D eigenvalue weighted by atomic mass is 10.00. The Morgan fingerprint density at radius 2 is 2.18 bits per heavy atom. The molecule has 33 heavy (non-hydrogen) atoms. The van der Waals surface area contributed by atoms with Crippen LogP contribution in [0.5, 0.6) is 0 Å². The topological polar surface area (TPSA) is 138 Å². The van der Waals surface area contributed by atoms with Crippen molar-refractivity contribution < 1.29 is 24.0 Å². The predicted octanol–water partition coefficient (Wildman–Crippen LogP) is 3.15. The highest BCUT2D eigenvalue weighted by Crippen LogP contribution is 2.42. The van der Waals surface area contributed by atoms with Crippen molar-refractivity contribution in [3.05, 3.63) is 39.3 Å². The zero-order valence-corrected chi connectivity index (χ0v) is 19.2. The maximum atomic E-state index is 13.5. The molecule has 10 heteroatoms. The Morgan fingerprint density at radius 3 is 2.88 bits per heavy atom. The number of fused-ring (bicyclic) bond motifs is 3. The van der Waals surface area contributed by atoms with Crippen molar-refractivity contribution in [1.82, 2.24) is 9.72 Å². The molecule has 4 rings (SSSR count). The van der Waals surface area contributed by atoms with Gasteiger partial charge in [-0.1, -0.05) is 42.6 Å². The lowest BCUT2D eigenvalue weighted by Gasteiger charge is -2.27. The lowest BCUT2D eigenvalue weighted by molar-refractivity contribution is -0.175. The number of aryl methyl sites for hydroxylation is 1. The summed E-state index contributed by atoms with van der Waals surface area (Å²) in [6.07, 6.45) is 0.844. The summed E-state index contributed by atoms with van der Waals surface area (Å²) in [5.41, 5.74) is 4.62. The van der Waals surface area contributed by atoms with E-state index >= 15 is 0 Å². The van der Waals surface area contributed by atoms with E-state index in [0.29, 0.717) is 45.4 Å². The number of ether oxygens (including phenoxy) is 1. The number of amides is 1. The van der Waals surface area contributed by atoms with Crippen LogP contribution in [0.4, 0.5) is 0 Å². The van der Waals surface area contributed by atoms with E-state index in [2.05, 4.69) is 5.16 Å². The monoisotopic (exact) mass is 475 g/mol. The highest BCUT2D eigenvalue weighted by Gasteiger charge is 2.49. The summed E-state index contributed by atoms with van der Waals surface area (Å²) in [5.74, 6) is -1.33. The number of pyridine rings is 1. The molecular formula is C23H26ClN3O6. The average molecular weight is 476 g/mol. The quantitative estimate of drug-likeness (QED) is 0.500. The highest BCUT2D eigenvalue weighted by atomic mass is 35.5. The highest BCUT2D eigenvalue weighted by molar-refractivity contribution is 6.37. The molecule has 0 bridgehead atoms. The van der Waals surface area contributed by atoms with Crippen LogP contribution in [0.25, 0.3) is 21.8 Å². The molecule has 176 valence electrons. The van der Waals surface area contributed by atoms with Gasteiger partial charge in [0, 0.05) is 17.8 Å². The molecule has 2 aromatic heterocycles. The number of carbonyl (C=O) groups excluding carboxylic acids is 2. The first-order chi connectivity index (χ1) is 15.7. The number of hydrogen-bond acceptors (Lipinski definition) is 7. The van der Waals surface area contributed by atoms with Crippen molar-refractivity contribution in [2.24, 2.45) is 5.73 Å². The van der Waals surface area contributed by atoms with E-state index in [1.54, 1.807) is 29.7 Å².